The van der Waals surface area contributed by atoms with Crippen molar-refractivity contribution >= 4 is 23.6 Å². The molecule has 1 saturated heterocycles. The molecule has 0 aliphatic carbocycles. The topological polar surface area (TPSA) is 97.8 Å². The normalized spacial score (nSPS) is 20.6. The monoisotopic (exact) mass is 326 g/mol. The van der Waals surface area contributed by atoms with Crippen LogP contribution in [0.4, 0.5) is 0 Å². The highest BCUT2D eigenvalue weighted by Gasteiger charge is 2.43. The molecule has 0 saturated carbocycles. The molecule has 1 amide bonds. The van der Waals surface area contributed by atoms with Crippen molar-refractivity contribution in [1.82, 2.24) is 10.3 Å². The van der Waals surface area contributed by atoms with Crippen molar-refractivity contribution in [3.05, 3.63) is 23.9 Å². The predicted molar refractivity (Wildman–Crippen MR) is 81.4 cm³/mol. The lowest BCUT2D eigenvalue weighted by Gasteiger charge is -2.24. The van der Waals surface area contributed by atoms with Crippen molar-refractivity contribution in [1.29, 1.82) is 0 Å². The molecule has 1 fully saturated rings. The summed E-state index contributed by atoms with van der Waals surface area (Å²) in [6, 6.07) is 3.01. The molecule has 2 N–H and O–H groups in total. The fraction of sp³-hybridized carbons (Fsp3) is 0.500. The summed E-state index contributed by atoms with van der Waals surface area (Å²) in [5.74, 6) is -0.0553. The van der Waals surface area contributed by atoms with Crippen LogP contribution >= 0.6 is 11.8 Å². The van der Waals surface area contributed by atoms with Gasteiger partial charge in [0.05, 0.1) is 6.61 Å². The fourth-order valence-corrected chi connectivity index (χ4v) is 3.36. The van der Waals surface area contributed by atoms with Crippen molar-refractivity contribution in [2.24, 2.45) is 0 Å². The Balaban J connectivity index is 2.05. The van der Waals surface area contributed by atoms with Crippen molar-refractivity contribution in [2.45, 2.75) is 12.0 Å². The van der Waals surface area contributed by atoms with E-state index in [4.69, 9.17) is 9.47 Å². The summed E-state index contributed by atoms with van der Waals surface area (Å²) in [6.45, 7) is 0.738. The lowest BCUT2D eigenvalue weighted by molar-refractivity contribution is -0.143. The van der Waals surface area contributed by atoms with E-state index in [2.05, 4.69) is 10.3 Å². The number of rotatable bonds is 7. The molecular formula is C14H18N2O5S. The number of ether oxygens (including phenoxy) is 2. The summed E-state index contributed by atoms with van der Waals surface area (Å²) in [7, 11) is 1.56. The Morgan fingerprint density at radius 3 is 2.95 bits per heavy atom. The third kappa shape index (κ3) is 3.89. The van der Waals surface area contributed by atoms with Crippen molar-refractivity contribution in [3.63, 3.8) is 0 Å². The van der Waals surface area contributed by atoms with Crippen LogP contribution in [0.2, 0.25) is 0 Å². The van der Waals surface area contributed by atoms with Gasteiger partial charge in [-0.25, -0.2) is 9.78 Å². The molecule has 7 nitrogen and oxygen atoms in total. The summed E-state index contributed by atoms with van der Waals surface area (Å²) in [5, 5.41) is 12.0. The second-order valence-corrected chi connectivity index (χ2v) is 5.97. The smallest absolute Gasteiger partial charge is 0.330 e. The molecule has 0 bridgehead atoms. The van der Waals surface area contributed by atoms with E-state index in [0.717, 1.165) is 0 Å². The Labute approximate surface area is 132 Å². The number of aliphatic carboxylic acids is 1. The van der Waals surface area contributed by atoms with Crippen LogP contribution < -0.4 is 10.1 Å². The Kier molecular flexibility index (Phi) is 5.62. The molecular weight excluding hydrogens is 308 g/mol. The van der Waals surface area contributed by atoms with Gasteiger partial charge in [0.2, 0.25) is 5.88 Å². The van der Waals surface area contributed by atoms with Crippen LogP contribution in [-0.4, -0.2) is 59.3 Å². The van der Waals surface area contributed by atoms with Crippen LogP contribution in [0.3, 0.4) is 0 Å². The molecule has 2 rings (SSSR count). The van der Waals surface area contributed by atoms with E-state index < -0.39 is 17.4 Å². The van der Waals surface area contributed by atoms with Crippen LogP contribution in [0.15, 0.2) is 18.3 Å². The van der Waals surface area contributed by atoms with Crippen LogP contribution in [-0.2, 0) is 9.53 Å². The third-order valence-electron chi connectivity index (χ3n) is 3.32. The number of hydrogen-bond donors (Lipinski definition) is 2. The fourth-order valence-electron chi connectivity index (χ4n) is 2.03. The van der Waals surface area contributed by atoms with E-state index >= 15 is 0 Å². The minimum Gasteiger partial charge on any atom is -0.479 e. The van der Waals surface area contributed by atoms with Crippen LogP contribution in [0.1, 0.15) is 16.8 Å². The number of methoxy groups -OCH3 is 1. The Hall–Kier alpha value is -1.80. The lowest BCUT2D eigenvalue weighted by atomic mass is 9.98. The average molecular weight is 326 g/mol. The maximum atomic E-state index is 12.3. The number of thioether (sulfide) groups is 1. The number of nitrogens with one attached hydrogen (secondary N) is 1. The van der Waals surface area contributed by atoms with Crippen molar-refractivity contribution in [2.75, 3.05) is 31.8 Å². The molecule has 1 aliphatic rings. The van der Waals surface area contributed by atoms with Gasteiger partial charge in [0, 0.05) is 30.7 Å². The van der Waals surface area contributed by atoms with E-state index in [1.165, 1.54) is 30.1 Å². The van der Waals surface area contributed by atoms with Gasteiger partial charge in [0.1, 0.15) is 12.1 Å². The largest absolute Gasteiger partial charge is 0.479 e. The van der Waals surface area contributed by atoms with Gasteiger partial charge in [-0.3, -0.25) is 4.79 Å². The average Bonchev–Trinajstić information content (AvgIpc) is 2.98. The van der Waals surface area contributed by atoms with E-state index in [0.29, 0.717) is 42.6 Å². The molecule has 0 aromatic carbocycles. The summed E-state index contributed by atoms with van der Waals surface area (Å²) in [6.07, 6.45) is 1.87. The SMILES string of the molecule is COCCOc1cc(C(=O)NC2(C(=O)O)CCSC2)ccn1. The van der Waals surface area contributed by atoms with Gasteiger partial charge in [-0.1, -0.05) is 0 Å². The molecule has 1 aliphatic heterocycles. The molecule has 0 radical (unpaired) electrons. The molecule has 0 spiro atoms. The van der Waals surface area contributed by atoms with Gasteiger partial charge in [-0.15, -0.1) is 0 Å². The quantitative estimate of drug-likeness (QED) is 0.715. The Morgan fingerprint density at radius 2 is 2.32 bits per heavy atom. The molecule has 1 aromatic heterocycles. The lowest BCUT2D eigenvalue weighted by Crippen LogP contribution is -2.54. The molecule has 22 heavy (non-hydrogen) atoms. The number of aromatic nitrogens is 1. The Bertz CT molecular complexity index is 546. The maximum absolute atomic E-state index is 12.3. The highest BCUT2D eigenvalue weighted by atomic mass is 32.2. The van der Waals surface area contributed by atoms with E-state index in [9.17, 15) is 14.7 Å². The minimum absolute atomic E-state index is 0.301. The number of carbonyl (C=O) groups is 2. The number of pyridine rings is 1. The number of amides is 1. The van der Waals surface area contributed by atoms with Crippen molar-refractivity contribution in [3.8, 4) is 5.88 Å². The van der Waals surface area contributed by atoms with Gasteiger partial charge in [-0.05, 0) is 18.2 Å². The van der Waals surface area contributed by atoms with E-state index in [1.54, 1.807) is 7.11 Å². The Morgan fingerprint density at radius 1 is 1.50 bits per heavy atom. The number of carboxylic acid groups (broad SMARTS) is 1. The second kappa shape index (κ2) is 7.46. The molecule has 1 aromatic rings. The summed E-state index contributed by atoms with van der Waals surface area (Å²) in [4.78, 5) is 27.8. The standard InChI is InChI=1S/C14H18N2O5S/c1-20-5-6-21-11-8-10(2-4-15-11)12(17)16-14(13(18)19)3-7-22-9-14/h2,4,8H,3,5-7,9H2,1H3,(H,16,17)(H,18,19). The van der Waals surface area contributed by atoms with Crippen LogP contribution in [0.5, 0.6) is 5.88 Å². The van der Waals surface area contributed by atoms with Crippen molar-refractivity contribution < 1.29 is 24.2 Å². The zero-order valence-electron chi connectivity index (χ0n) is 12.2. The van der Waals surface area contributed by atoms with Crippen LogP contribution in [0, 0.1) is 0 Å². The van der Waals surface area contributed by atoms with Crippen LogP contribution in [0.25, 0.3) is 0 Å². The summed E-state index contributed by atoms with van der Waals surface area (Å²) >= 11 is 1.52. The van der Waals surface area contributed by atoms with Gasteiger partial charge in [0.15, 0.2) is 0 Å². The predicted octanol–water partition coefficient (Wildman–Crippen LogP) is 0.797. The summed E-state index contributed by atoms with van der Waals surface area (Å²) < 4.78 is 10.2. The first-order valence-electron chi connectivity index (χ1n) is 6.79. The first-order chi connectivity index (χ1) is 10.6. The second-order valence-electron chi connectivity index (χ2n) is 4.87. The zero-order chi connectivity index (χ0) is 16.0. The van der Waals surface area contributed by atoms with E-state index in [1.807, 2.05) is 0 Å². The highest BCUT2D eigenvalue weighted by Crippen LogP contribution is 2.28. The molecule has 2 heterocycles. The maximum Gasteiger partial charge on any atom is 0.330 e. The summed E-state index contributed by atoms with van der Waals surface area (Å²) in [5.41, 5.74) is -0.873. The molecule has 120 valence electrons. The first kappa shape index (κ1) is 16.6. The minimum atomic E-state index is -1.19. The van der Waals surface area contributed by atoms with E-state index in [-0.39, 0.29) is 0 Å². The van der Waals surface area contributed by atoms with Gasteiger partial charge < -0.3 is 19.9 Å². The molecule has 1 unspecified atom stereocenters. The number of carboxylic acids is 1. The highest BCUT2D eigenvalue weighted by molar-refractivity contribution is 7.99. The third-order valence-corrected chi connectivity index (χ3v) is 4.51. The molecule has 1 atom stereocenters. The number of nitrogens with zero attached hydrogens (tertiary/aromatic N) is 1. The van der Waals surface area contributed by atoms with Gasteiger partial charge in [0.25, 0.3) is 5.91 Å². The first-order valence-corrected chi connectivity index (χ1v) is 7.94. The van der Waals surface area contributed by atoms with Gasteiger partial charge >= 0.3 is 5.97 Å². The zero-order valence-corrected chi connectivity index (χ0v) is 13.0. The molecule has 8 heteroatoms. The van der Waals surface area contributed by atoms with Gasteiger partial charge in [-0.2, -0.15) is 11.8 Å². The number of hydrogen-bond acceptors (Lipinski definition) is 6. The number of carbonyl (C=O) groups excluding carboxylic acids is 1.